The number of ether oxygens (including phenoxy) is 4. The Kier molecular flexibility index (Phi) is 65.5. The monoisotopic (exact) mass is 1370 g/mol. The van der Waals surface area contributed by atoms with Crippen LogP contribution >= 0.6 is 15.6 Å². The van der Waals surface area contributed by atoms with Gasteiger partial charge in [0.05, 0.1) is 32.8 Å². The van der Waals surface area contributed by atoms with E-state index in [1.807, 2.05) is 18.2 Å². The lowest BCUT2D eigenvalue weighted by Gasteiger charge is -2.21. The van der Waals surface area contributed by atoms with E-state index in [4.69, 9.17) is 37.0 Å². The molecule has 5 unspecified atom stereocenters. The van der Waals surface area contributed by atoms with Crippen LogP contribution in [-0.2, 0) is 65.4 Å². The van der Waals surface area contributed by atoms with Gasteiger partial charge in [-0.15, -0.1) is 0 Å². The van der Waals surface area contributed by atoms with Crippen molar-refractivity contribution in [3.05, 3.63) is 72.9 Å². The number of rotatable bonds is 70. The molecule has 0 saturated heterocycles. The van der Waals surface area contributed by atoms with E-state index in [1.54, 1.807) is 6.08 Å². The van der Waals surface area contributed by atoms with Gasteiger partial charge >= 0.3 is 39.5 Å². The highest BCUT2D eigenvalue weighted by Crippen LogP contribution is 2.45. The highest BCUT2D eigenvalue weighted by molar-refractivity contribution is 7.47. The van der Waals surface area contributed by atoms with Crippen LogP contribution in [0.5, 0.6) is 0 Å². The number of carbonyl (C=O) groups is 4. The molecule has 0 aromatic rings. The van der Waals surface area contributed by atoms with E-state index in [0.717, 1.165) is 109 Å². The van der Waals surface area contributed by atoms with Crippen molar-refractivity contribution in [1.29, 1.82) is 0 Å². The zero-order valence-electron chi connectivity index (χ0n) is 59.4. The molecular formula is C75H134O17P2. The third kappa shape index (κ3) is 67.1. The first-order chi connectivity index (χ1) is 45.7. The summed E-state index contributed by atoms with van der Waals surface area (Å²) in [6, 6.07) is 0. The van der Waals surface area contributed by atoms with Crippen LogP contribution in [0.25, 0.3) is 0 Å². The molecule has 0 aliphatic rings. The van der Waals surface area contributed by atoms with Gasteiger partial charge in [-0.3, -0.25) is 37.3 Å². The Morgan fingerprint density at radius 3 is 0.936 bits per heavy atom. The van der Waals surface area contributed by atoms with Gasteiger partial charge in [0, 0.05) is 19.3 Å². The molecule has 0 heterocycles. The Labute approximate surface area is 571 Å². The zero-order chi connectivity index (χ0) is 69.0. The second kappa shape index (κ2) is 68.0. The Hall–Kier alpha value is -3.50. The molecule has 17 nitrogen and oxygen atoms in total. The van der Waals surface area contributed by atoms with Gasteiger partial charge in [0.25, 0.3) is 0 Å². The van der Waals surface area contributed by atoms with E-state index in [9.17, 15) is 43.2 Å². The van der Waals surface area contributed by atoms with Crippen molar-refractivity contribution >= 4 is 39.5 Å². The summed E-state index contributed by atoms with van der Waals surface area (Å²) in [4.78, 5) is 72.6. The topological polar surface area (TPSA) is 237 Å². The van der Waals surface area contributed by atoms with Crippen LogP contribution < -0.4 is 0 Å². The van der Waals surface area contributed by atoms with Crippen molar-refractivity contribution < 1.29 is 80.2 Å². The van der Waals surface area contributed by atoms with Crippen LogP contribution in [0, 0.1) is 0 Å². The number of carbonyl (C=O) groups excluding carboxylic acids is 4. The first-order valence-electron chi connectivity index (χ1n) is 37.2. The number of hydrogen-bond acceptors (Lipinski definition) is 15. The van der Waals surface area contributed by atoms with Gasteiger partial charge in [0.1, 0.15) is 19.3 Å². The fourth-order valence-corrected chi connectivity index (χ4v) is 11.6. The Bertz CT molecular complexity index is 2070. The highest BCUT2D eigenvalue weighted by atomic mass is 31.2. The SMILES string of the molecule is CC/C=C\C/C=C\C/C=C\C/C=C\C/C=C\CC(=O)OCC(COP(=O)(O)OCC(O)COP(=O)(O)OCC(COC(=O)CCCCCCCCCCCCCCC)OC(=O)CCCCCCCCCCCCC)OC(=O)CCCCCCC/C=C\CCCCCCCC. The molecule has 3 N–H and O–H groups in total. The van der Waals surface area contributed by atoms with E-state index < -0.39 is 97.5 Å². The van der Waals surface area contributed by atoms with Crippen LogP contribution in [0.4, 0.5) is 0 Å². The lowest BCUT2D eigenvalue weighted by atomic mass is 10.0. The van der Waals surface area contributed by atoms with Crippen LogP contribution in [0.2, 0.25) is 0 Å². The number of hydrogen-bond donors (Lipinski definition) is 3. The second-order valence-corrected chi connectivity index (χ2v) is 27.8. The quantitative estimate of drug-likeness (QED) is 0.0169. The molecule has 0 aliphatic carbocycles. The number of allylic oxidation sites excluding steroid dienone is 11. The first kappa shape index (κ1) is 90.5. The minimum absolute atomic E-state index is 0.0683. The van der Waals surface area contributed by atoms with Crippen molar-refractivity contribution in [2.45, 2.75) is 341 Å². The summed E-state index contributed by atoms with van der Waals surface area (Å²) < 4.78 is 68.2. The number of phosphoric acid groups is 2. The molecule has 5 atom stereocenters. The molecule has 19 heteroatoms. The standard InChI is InChI=1S/C75H134O17P2/c1-5-9-13-17-21-25-29-32-34-37-41-44-48-52-56-60-73(78)86-66-71(92-75(80)62-58-54-50-46-42-38-35-33-30-26-22-18-14-10-6-2)68-90-94(83,84)88-64-69(76)63-87-93(81,82)89-67-70(91-74(79)61-57-53-49-45-39-28-24-20-16-12-8-4)65-85-72(77)59-55-51-47-43-40-36-31-27-23-19-15-11-7-3/h9,13,21,25,32-35,41,44,52,56,69-71,76H,5-8,10-12,14-20,22-24,26-31,36-40,42-43,45-51,53-55,57-68H2,1-4H3,(H,81,82)(H,83,84)/b13-9-,25-21-,34-32-,35-33-,44-41-,56-52-. The van der Waals surface area contributed by atoms with Crippen LogP contribution in [-0.4, -0.2) is 96.7 Å². The highest BCUT2D eigenvalue weighted by Gasteiger charge is 2.30. The van der Waals surface area contributed by atoms with E-state index in [-0.39, 0.29) is 25.7 Å². The summed E-state index contributed by atoms with van der Waals surface area (Å²) in [5.74, 6) is -2.31. The zero-order valence-corrected chi connectivity index (χ0v) is 61.2. The molecule has 546 valence electrons. The third-order valence-electron chi connectivity index (χ3n) is 15.7. The van der Waals surface area contributed by atoms with E-state index in [2.05, 4.69) is 76.3 Å². The summed E-state index contributed by atoms with van der Waals surface area (Å²) in [6.45, 7) is 4.66. The first-order valence-corrected chi connectivity index (χ1v) is 40.2. The smallest absolute Gasteiger partial charge is 0.462 e. The normalized spacial score (nSPS) is 14.4. The summed E-state index contributed by atoms with van der Waals surface area (Å²) >= 11 is 0. The van der Waals surface area contributed by atoms with Crippen molar-refractivity contribution in [3.63, 3.8) is 0 Å². The van der Waals surface area contributed by atoms with Gasteiger partial charge in [-0.25, -0.2) is 9.13 Å². The molecule has 0 radical (unpaired) electrons. The van der Waals surface area contributed by atoms with Gasteiger partial charge in [-0.1, -0.05) is 293 Å². The molecule has 0 spiro atoms. The van der Waals surface area contributed by atoms with Crippen molar-refractivity contribution in [2.75, 3.05) is 39.6 Å². The number of unbranched alkanes of at least 4 members (excludes halogenated alkanes) is 33. The molecule has 0 rings (SSSR count). The van der Waals surface area contributed by atoms with Crippen LogP contribution in [0.3, 0.4) is 0 Å². The predicted octanol–water partition coefficient (Wildman–Crippen LogP) is 20.9. The molecular weight excluding hydrogens is 1230 g/mol. The Balaban J connectivity index is 5.37. The number of aliphatic hydroxyl groups excluding tert-OH is 1. The fraction of sp³-hybridized carbons (Fsp3) is 0.787. The number of esters is 4. The predicted molar refractivity (Wildman–Crippen MR) is 381 cm³/mol. The number of aliphatic hydroxyl groups is 1. The maximum atomic E-state index is 13.0. The largest absolute Gasteiger partial charge is 0.472 e. The summed E-state index contributed by atoms with van der Waals surface area (Å²) in [5.41, 5.74) is 0. The lowest BCUT2D eigenvalue weighted by molar-refractivity contribution is -0.161. The molecule has 0 amide bonds. The van der Waals surface area contributed by atoms with Gasteiger partial charge in [-0.2, -0.15) is 0 Å². The Morgan fingerprint density at radius 1 is 0.319 bits per heavy atom. The van der Waals surface area contributed by atoms with Crippen molar-refractivity contribution in [1.82, 2.24) is 0 Å². The Morgan fingerprint density at radius 2 is 0.596 bits per heavy atom. The van der Waals surface area contributed by atoms with Crippen LogP contribution in [0.1, 0.15) is 323 Å². The van der Waals surface area contributed by atoms with E-state index in [0.29, 0.717) is 25.7 Å². The molecule has 0 bridgehead atoms. The molecule has 94 heavy (non-hydrogen) atoms. The molecule has 0 aromatic carbocycles. The minimum atomic E-state index is -4.99. The maximum Gasteiger partial charge on any atom is 0.472 e. The summed E-state index contributed by atoms with van der Waals surface area (Å²) in [5, 5.41) is 10.6. The molecule has 0 aromatic heterocycles. The van der Waals surface area contributed by atoms with E-state index >= 15 is 0 Å². The van der Waals surface area contributed by atoms with Gasteiger partial charge in [-0.05, 0) is 77.0 Å². The lowest BCUT2D eigenvalue weighted by Crippen LogP contribution is -2.30. The van der Waals surface area contributed by atoms with Crippen LogP contribution in [0.15, 0.2) is 72.9 Å². The third-order valence-corrected chi connectivity index (χ3v) is 17.6. The molecule has 0 saturated carbocycles. The molecule has 0 fully saturated rings. The number of phosphoric ester groups is 2. The second-order valence-electron chi connectivity index (χ2n) is 24.9. The summed E-state index contributed by atoms with van der Waals surface area (Å²) in [7, 11) is -9.95. The average Bonchev–Trinajstić information content (AvgIpc) is 1.36. The maximum absolute atomic E-state index is 13.0. The van der Waals surface area contributed by atoms with Gasteiger partial charge in [0.2, 0.25) is 0 Å². The fourth-order valence-electron chi connectivity index (χ4n) is 10.1. The van der Waals surface area contributed by atoms with Gasteiger partial charge in [0.15, 0.2) is 12.2 Å². The average molecular weight is 1370 g/mol. The minimum Gasteiger partial charge on any atom is -0.462 e. The van der Waals surface area contributed by atoms with Crippen molar-refractivity contribution in [2.24, 2.45) is 0 Å². The van der Waals surface area contributed by atoms with Gasteiger partial charge < -0.3 is 33.8 Å². The van der Waals surface area contributed by atoms with Crippen molar-refractivity contribution in [3.8, 4) is 0 Å². The summed E-state index contributed by atoms with van der Waals surface area (Å²) in [6.07, 6.45) is 66.5. The molecule has 0 aliphatic heterocycles. The van der Waals surface area contributed by atoms with E-state index in [1.165, 1.54) is 135 Å².